The predicted octanol–water partition coefficient (Wildman–Crippen LogP) is 2.49. The average molecular weight is 328 g/mol. The Bertz CT molecular complexity index is 712. The Morgan fingerprint density at radius 3 is 2.38 bits per heavy atom. The number of ether oxygens (including phenoxy) is 1. The fraction of sp³-hybridized carbons (Fsp3) is 0.294. The molecule has 0 bridgehead atoms. The summed E-state index contributed by atoms with van der Waals surface area (Å²) < 4.78 is 4.69. The summed E-state index contributed by atoms with van der Waals surface area (Å²) in [6.07, 6.45) is 2.97. The van der Waals surface area contributed by atoms with Crippen molar-refractivity contribution in [2.24, 2.45) is 0 Å². The zero-order valence-corrected chi connectivity index (χ0v) is 13.9. The van der Waals surface area contributed by atoms with E-state index >= 15 is 0 Å². The average Bonchev–Trinajstić information content (AvgIpc) is 2.62. The van der Waals surface area contributed by atoms with E-state index in [0.717, 1.165) is 0 Å². The summed E-state index contributed by atoms with van der Waals surface area (Å²) in [6, 6.07) is 6.81. The zero-order valence-electron chi connectivity index (χ0n) is 13.9. The van der Waals surface area contributed by atoms with Gasteiger partial charge in [0.1, 0.15) is 0 Å². The monoisotopic (exact) mass is 328 g/mol. The molecule has 0 radical (unpaired) electrons. The molecule has 0 atom stereocenters. The number of carbonyl (C=O) groups excluding carboxylic acids is 2. The molecule has 7 heteroatoms. The lowest BCUT2D eigenvalue weighted by Crippen LogP contribution is -2.30. The van der Waals surface area contributed by atoms with Crippen LogP contribution < -0.4 is 5.32 Å². The Labute approximate surface area is 140 Å². The lowest BCUT2D eigenvalue weighted by molar-refractivity contribution is 0.0600. The summed E-state index contributed by atoms with van der Waals surface area (Å²) in [5, 5.41) is 2.99. The molecule has 0 fully saturated rings. The minimum atomic E-state index is -0.417. The van der Waals surface area contributed by atoms with Crippen LogP contribution in [0.15, 0.2) is 36.7 Å². The maximum atomic E-state index is 12.2. The van der Waals surface area contributed by atoms with E-state index < -0.39 is 5.97 Å². The van der Waals surface area contributed by atoms with Gasteiger partial charge >= 0.3 is 5.97 Å². The maximum Gasteiger partial charge on any atom is 0.337 e. The van der Waals surface area contributed by atoms with Gasteiger partial charge in [-0.05, 0) is 32.0 Å². The van der Waals surface area contributed by atoms with E-state index in [1.807, 2.05) is 13.8 Å². The fourth-order valence-corrected chi connectivity index (χ4v) is 2.17. The van der Waals surface area contributed by atoms with E-state index in [2.05, 4.69) is 20.0 Å². The van der Waals surface area contributed by atoms with Crippen molar-refractivity contribution in [3.63, 3.8) is 0 Å². The lowest BCUT2D eigenvalue weighted by Gasteiger charge is -2.18. The van der Waals surface area contributed by atoms with Crippen LogP contribution in [0.4, 0.5) is 11.6 Å². The number of hydrogen-bond donors (Lipinski definition) is 1. The fourth-order valence-electron chi connectivity index (χ4n) is 2.17. The van der Waals surface area contributed by atoms with Crippen LogP contribution in [0.25, 0.3) is 0 Å². The molecule has 1 aromatic carbocycles. The second-order valence-electron chi connectivity index (χ2n) is 4.97. The van der Waals surface area contributed by atoms with Gasteiger partial charge in [-0.1, -0.05) is 6.07 Å². The molecule has 0 aliphatic heterocycles. The molecule has 1 heterocycles. The van der Waals surface area contributed by atoms with E-state index in [9.17, 15) is 9.59 Å². The molecular formula is C17H20N4O3. The van der Waals surface area contributed by atoms with Crippen molar-refractivity contribution in [1.82, 2.24) is 14.9 Å². The topological polar surface area (TPSA) is 84.4 Å². The highest BCUT2D eigenvalue weighted by molar-refractivity contribution is 5.93. The number of aromatic nitrogens is 2. The number of amides is 1. The Hall–Kier alpha value is -2.96. The summed E-state index contributed by atoms with van der Waals surface area (Å²) in [4.78, 5) is 33.7. The van der Waals surface area contributed by atoms with Crippen LogP contribution in [0.5, 0.6) is 0 Å². The van der Waals surface area contributed by atoms with Crippen molar-refractivity contribution in [3.05, 3.63) is 47.8 Å². The Morgan fingerprint density at radius 2 is 1.79 bits per heavy atom. The van der Waals surface area contributed by atoms with Gasteiger partial charge in [0.2, 0.25) is 5.95 Å². The van der Waals surface area contributed by atoms with E-state index in [0.29, 0.717) is 35.9 Å². The van der Waals surface area contributed by atoms with Crippen LogP contribution in [0.1, 0.15) is 34.6 Å². The molecule has 126 valence electrons. The molecule has 1 amide bonds. The molecule has 0 saturated carbocycles. The van der Waals surface area contributed by atoms with Gasteiger partial charge in [0, 0.05) is 31.2 Å². The highest BCUT2D eigenvalue weighted by atomic mass is 16.5. The second-order valence-corrected chi connectivity index (χ2v) is 4.97. The number of nitrogens with one attached hydrogen (secondary N) is 1. The molecule has 0 spiro atoms. The number of carbonyl (C=O) groups is 2. The first-order valence-corrected chi connectivity index (χ1v) is 7.65. The first-order valence-electron chi connectivity index (χ1n) is 7.65. The third kappa shape index (κ3) is 4.07. The summed E-state index contributed by atoms with van der Waals surface area (Å²) in [7, 11) is 1.33. The van der Waals surface area contributed by atoms with Gasteiger partial charge < -0.3 is 15.0 Å². The predicted molar refractivity (Wildman–Crippen MR) is 90.3 cm³/mol. The molecule has 0 unspecified atom stereocenters. The molecular weight excluding hydrogens is 308 g/mol. The number of esters is 1. The van der Waals surface area contributed by atoms with E-state index in [1.165, 1.54) is 19.5 Å². The minimum Gasteiger partial charge on any atom is -0.465 e. The van der Waals surface area contributed by atoms with Crippen molar-refractivity contribution in [1.29, 1.82) is 0 Å². The third-order valence-corrected chi connectivity index (χ3v) is 3.49. The molecule has 0 aliphatic rings. The van der Waals surface area contributed by atoms with E-state index in [-0.39, 0.29) is 5.91 Å². The Balaban J connectivity index is 2.12. The molecule has 0 aliphatic carbocycles. The molecule has 2 rings (SSSR count). The normalized spacial score (nSPS) is 10.1. The van der Waals surface area contributed by atoms with Gasteiger partial charge in [0.05, 0.1) is 18.2 Å². The third-order valence-electron chi connectivity index (χ3n) is 3.49. The van der Waals surface area contributed by atoms with Crippen molar-refractivity contribution in [3.8, 4) is 0 Å². The van der Waals surface area contributed by atoms with Crippen molar-refractivity contribution in [2.75, 3.05) is 25.5 Å². The first-order chi connectivity index (χ1) is 11.6. The van der Waals surface area contributed by atoms with Crippen LogP contribution >= 0.6 is 0 Å². The van der Waals surface area contributed by atoms with Gasteiger partial charge in [-0.15, -0.1) is 0 Å². The number of benzene rings is 1. The van der Waals surface area contributed by atoms with Gasteiger partial charge in [0.25, 0.3) is 5.91 Å². The molecule has 24 heavy (non-hydrogen) atoms. The largest absolute Gasteiger partial charge is 0.465 e. The first kappa shape index (κ1) is 17.4. The quantitative estimate of drug-likeness (QED) is 0.820. The van der Waals surface area contributed by atoms with Gasteiger partial charge in [-0.2, -0.15) is 0 Å². The summed E-state index contributed by atoms with van der Waals surface area (Å²) in [6.45, 7) is 5.12. The zero-order chi connectivity index (χ0) is 17.5. The van der Waals surface area contributed by atoms with Crippen molar-refractivity contribution < 1.29 is 14.3 Å². The van der Waals surface area contributed by atoms with Crippen LogP contribution in [-0.4, -0.2) is 46.9 Å². The molecule has 7 nitrogen and oxygen atoms in total. The van der Waals surface area contributed by atoms with Crippen LogP contribution in [-0.2, 0) is 4.74 Å². The van der Waals surface area contributed by atoms with Crippen molar-refractivity contribution in [2.45, 2.75) is 13.8 Å². The summed E-state index contributed by atoms with van der Waals surface area (Å²) in [5.41, 5.74) is 1.52. The molecule has 0 saturated heterocycles. The maximum absolute atomic E-state index is 12.2. The lowest BCUT2D eigenvalue weighted by atomic mass is 10.2. The summed E-state index contributed by atoms with van der Waals surface area (Å²) >= 11 is 0. The SMILES string of the molecule is CCN(CC)C(=O)c1cnc(Nc2cccc(C(=O)OC)c2)nc1. The second kappa shape index (κ2) is 8.05. The minimum absolute atomic E-state index is 0.0979. The van der Waals surface area contributed by atoms with Crippen LogP contribution in [0.3, 0.4) is 0 Å². The number of rotatable bonds is 6. The number of hydrogen-bond acceptors (Lipinski definition) is 6. The highest BCUT2D eigenvalue weighted by Crippen LogP contribution is 2.15. The van der Waals surface area contributed by atoms with Gasteiger partial charge in [-0.3, -0.25) is 4.79 Å². The van der Waals surface area contributed by atoms with Crippen molar-refractivity contribution >= 4 is 23.5 Å². The van der Waals surface area contributed by atoms with E-state index in [4.69, 9.17) is 0 Å². The van der Waals surface area contributed by atoms with Crippen LogP contribution in [0.2, 0.25) is 0 Å². The van der Waals surface area contributed by atoms with Gasteiger partial charge in [-0.25, -0.2) is 14.8 Å². The van der Waals surface area contributed by atoms with Crippen LogP contribution in [0, 0.1) is 0 Å². The van der Waals surface area contributed by atoms with E-state index in [1.54, 1.807) is 29.2 Å². The number of methoxy groups -OCH3 is 1. The number of nitrogens with zero attached hydrogens (tertiary/aromatic N) is 3. The Kier molecular flexibility index (Phi) is 5.83. The Morgan fingerprint density at radius 1 is 1.12 bits per heavy atom. The molecule has 1 aromatic heterocycles. The molecule has 2 aromatic rings. The summed E-state index contributed by atoms with van der Waals surface area (Å²) in [5.74, 6) is -0.174. The highest BCUT2D eigenvalue weighted by Gasteiger charge is 2.13. The number of anilines is 2. The standard InChI is InChI=1S/C17H20N4O3/c1-4-21(5-2)15(22)13-10-18-17(19-11-13)20-14-8-6-7-12(9-14)16(23)24-3/h6-11H,4-5H2,1-3H3,(H,18,19,20). The molecule has 1 N–H and O–H groups in total. The van der Waals surface area contributed by atoms with Gasteiger partial charge in [0.15, 0.2) is 0 Å². The smallest absolute Gasteiger partial charge is 0.337 e.